The van der Waals surface area contributed by atoms with Gasteiger partial charge in [-0.25, -0.2) is 9.97 Å². The molecule has 3 atom stereocenters. The second-order valence-corrected chi connectivity index (χ2v) is 7.84. The Morgan fingerprint density at radius 2 is 1.88 bits per heavy atom. The Labute approximate surface area is 154 Å². The van der Waals surface area contributed by atoms with Gasteiger partial charge in [0.1, 0.15) is 12.1 Å². The van der Waals surface area contributed by atoms with E-state index >= 15 is 0 Å². The Balaban J connectivity index is 1.65. The first-order valence-corrected chi connectivity index (χ1v) is 9.38. The molecule has 1 aromatic heterocycles. The Morgan fingerprint density at radius 3 is 2.65 bits per heavy atom. The standard InChI is InChI=1S/C22H26N4/c1-15-12-18(10-11-22(15,2)23)26-21-19-13-17(16-6-4-3-5-7-16)8-9-20(19)24-14-25-21/h3-9,13-15,18H,10-12,23H2,1-2H3,(H,24,25,26). The third-order valence-corrected chi connectivity index (χ3v) is 5.88. The van der Waals surface area contributed by atoms with Crippen molar-refractivity contribution in [1.29, 1.82) is 0 Å². The third kappa shape index (κ3) is 3.29. The normalized spacial score (nSPS) is 26.0. The molecule has 0 amide bonds. The molecule has 0 aliphatic heterocycles. The van der Waals surface area contributed by atoms with E-state index < -0.39 is 0 Å². The number of nitrogens with two attached hydrogens (primary N) is 1. The lowest BCUT2D eigenvalue weighted by molar-refractivity contribution is 0.214. The van der Waals surface area contributed by atoms with Gasteiger partial charge in [0, 0.05) is 17.0 Å². The van der Waals surface area contributed by atoms with E-state index in [1.54, 1.807) is 6.33 Å². The SMILES string of the molecule is CC1CC(Nc2ncnc3ccc(-c4ccccc4)cc23)CCC1(C)N. The molecular weight excluding hydrogens is 320 g/mol. The van der Waals surface area contributed by atoms with Crippen LogP contribution in [0.5, 0.6) is 0 Å². The largest absolute Gasteiger partial charge is 0.367 e. The van der Waals surface area contributed by atoms with Gasteiger partial charge in [-0.1, -0.05) is 43.3 Å². The summed E-state index contributed by atoms with van der Waals surface area (Å²) in [6.45, 7) is 4.42. The van der Waals surface area contributed by atoms with E-state index in [1.165, 1.54) is 11.1 Å². The first-order chi connectivity index (χ1) is 12.5. The first kappa shape index (κ1) is 17.0. The van der Waals surface area contributed by atoms with Crippen LogP contribution < -0.4 is 11.1 Å². The van der Waals surface area contributed by atoms with Crippen molar-refractivity contribution in [3.63, 3.8) is 0 Å². The van der Waals surface area contributed by atoms with Crippen LogP contribution in [-0.2, 0) is 0 Å². The zero-order valence-electron chi connectivity index (χ0n) is 15.4. The summed E-state index contributed by atoms with van der Waals surface area (Å²) >= 11 is 0. The molecule has 3 aromatic rings. The molecule has 134 valence electrons. The maximum Gasteiger partial charge on any atom is 0.137 e. The lowest BCUT2D eigenvalue weighted by Crippen LogP contribution is -2.49. The van der Waals surface area contributed by atoms with Gasteiger partial charge in [0.15, 0.2) is 0 Å². The van der Waals surface area contributed by atoms with Gasteiger partial charge in [0.05, 0.1) is 5.52 Å². The average Bonchev–Trinajstić information content (AvgIpc) is 2.66. The number of anilines is 1. The smallest absolute Gasteiger partial charge is 0.137 e. The summed E-state index contributed by atoms with van der Waals surface area (Å²) in [5, 5.41) is 4.74. The molecule has 1 fully saturated rings. The van der Waals surface area contributed by atoms with E-state index in [0.717, 1.165) is 36.0 Å². The lowest BCUT2D eigenvalue weighted by atomic mass is 9.73. The van der Waals surface area contributed by atoms with Crippen LogP contribution in [0.4, 0.5) is 5.82 Å². The summed E-state index contributed by atoms with van der Waals surface area (Å²) in [6, 6.07) is 17.2. The van der Waals surface area contributed by atoms with Gasteiger partial charge in [-0.2, -0.15) is 0 Å². The Kier molecular flexibility index (Phi) is 4.37. The minimum atomic E-state index is -0.0631. The maximum absolute atomic E-state index is 6.40. The highest BCUT2D eigenvalue weighted by atomic mass is 15.0. The number of hydrogen-bond acceptors (Lipinski definition) is 4. The average molecular weight is 346 g/mol. The lowest BCUT2D eigenvalue weighted by Gasteiger charge is -2.40. The zero-order chi connectivity index (χ0) is 18.1. The van der Waals surface area contributed by atoms with Crippen LogP contribution in [0.25, 0.3) is 22.0 Å². The second kappa shape index (κ2) is 6.69. The van der Waals surface area contributed by atoms with Crippen molar-refractivity contribution < 1.29 is 0 Å². The topological polar surface area (TPSA) is 63.8 Å². The summed E-state index contributed by atoms with van der Waals surface area (Å²) in [7, 11) is 0. The second-order valence-electron chi connectivity index (χ2n) is 7.84. The summed E-state index contributed by atoms with van der Waals surface area (Å²) in [6.07, 6.45) is 4.81. The molecule has 4 heteroatoms. The van der Waals surface area contributed by atoms with Crippen LogP contribution in [0.3, 0.4) is 0 Å². The van der Waals surface area contributed by atoms with Gasteiger partial charge in [-0.05, 0) is 55.4 Å². The van der Waals surface area contributed by atoms with Gasteiger partial charge >= 0.3 is 0 Å². The Morgan fingerprint density at radius 1 is 1.08 bits per heavy atom. The van der Waals surface area contributed by atoms with Gasteiger partial charge < -0.3 is 11.1 Å². The van der Waals surface area contributed by atoms with E-state index in [-0.39, 0.29) is 5.54 Å². The van der Waals surface area contributed by atoms with Crippen molar-refractivity contribution >= 4 is 16.7 Å². The van der Waals surface area contributed by atoms with Crippen LogP contribution in [0.15, 0.2) is 54.9 Å². The maximum atomic E-state index is 6.40. The Bertz CT molecular complexity index is 904. The van der Waals surface area contributed by atoms with E-state index in [9.17, 15) is 0 Å². The summed E-state index contributed by atoms with van der Waals surface area (Å²) < 4.78 is 0. The molecule has 3 unspecified atom stereocenters. The van der Waals surface area contributed by atoms with Gasteiger partial charge in [-0.3, -0.25) is 0 Å². The molecule has 1 aliphatic carbocycles. The molecule has 4 rings (SSSR count). The number of nitrogens with zero attached hydrogens (tertiary/aromatic N) is 2. The van der Waals surface area contributed by atoms with Crippen LogP contribution in [0.1, 0.15) is 33.1 Å². The minimum Gasteiger partial charge on any atom is -0.367 e. The van der Waals surface area contributed by atoms with E-state index in [1.807, 2.05) is 6.07 Å². The highest BCUT2D eigenvalue weighted by molar-refractivity contribution is 5.92. The fraction of sp³-hybridized carbons (Fsp3) is 0.364. The van der Waals surface area contributed by atoms with Gasteiger partial charge in [0.25, 0.3) is 0 Å². The number of nitrogens with one attached hydrogen (secondary N) is 1. The van der Waals surface area contributed by atoms with Gasteiger partial charge in [-0.15, -0.1) is 0 Å². The molecule has 1 heterocycles. The highest BCUT2D eigenvalue weighted by Gasteiger charge is 2.34. The minimum absolute atomic E-state index is 0.0631. The predicted octanol–water partition coefficient (Wildman–Crippen LogP) is 4.61. The number of hydrogen-bond donors (Lipinski definition) is 2. The monoisotopic (exact) mass is 346 g/mol. The number of aromatic nitrogens is 2. The van der Waals surface area contributed by atoms with Crippen molar-refractivity contribution in [2.75, 3.05) is 5.32 Å². The number of rotatable bonds is 3. The van der Waals surface area contributed by atoms with E-state index in [4.69, 9.17) is 5.73 Å². The van der Waals surface area contributed by atoms with Crippen LogP contribution in [0, 0.1) is 5.92 Å². The van der Waals surface area contributed by atoms with Crippen LogP contribution >= 0.6 is 0 Å². The molecule has 0 spiro atoms. The first-order valence-electron chi connectivity index (χ1n) is 9.38. The summed E-state index contributed by atoms with van der Waals surface area (Å²) in [5.74, 6) is 1.41. The van der Waals surface area contributed by atoms with Crippen LogP contribution in [-0.4, -0.2) is 21.5 Å². The fourth-order valence-corrected chi connectivity index (χ4v) is 3.85. The molecule has 0 bridgehead atoms. The van der Waals surface area contributed by atoms with Crippen molar-refractivity contribution in [2.45, 2.75) is 44.7 Å². The molecule has 3 N–H and O–H groups in total. The molecule has 0 saturated heterocycles. The van der Waals surface area contributed by atoms with Crippen molar-refractivity contribution in [1.82, 2.24) is 9.97 Å². The number of benzene rings is 2. The van der Waals surface area contributed by atoms with Crippen LogP contribution in [0.2, 0.25) is 0 Å². The van der Waals surface area contributed by atoms with E-state index in [0.29, 0.717) is 12.0 Å². The summed E-state index contributed by atoms with van der Waals surface area (Å²) in [5.41, 5.74) is 9.69. The summed E-state index contributed by atoms with van der Waals surface area (Å²) in [4.78, 5) is 8.98. The van der Waals surface area contributed by atoms with E-state index in [2.05, 4.69) is 71.6 Å². The molecule has 1 saturated carbocycles. The van der Waals surface area contributed by atoms with Crippen molar-refractivity contribution in [3.05, 3.63) is 54.9 Å². The van der Waals surface area contributed by atoms with Gasteiger partial charge in [0.2, 0.25) is 0 Å². The fourth-order valence-electron chi connectivity index (χ4n) is 3.85. The third-order valence-electron chi connectivity index (χ3n) is 5.88. The number of fused-ring (bicyclic) bond motifs is 1. The zero-order valence-corrected chi connectivity index (χ0v) is 15.4. The van der Waals surface area contributed by atoms with Crippen molar-refractivity contribution in [3.8, 4) is 11.1 Å². The molecule has 4 nitrogen and oxygen atoms in total. The quantitative estimate of drug-likeness (QED) is 0.726. The predicted molar refractivity (Wildman–Crippen MR) is 108 cm³/mol. The highest BCUT2D eigenvalue weighted by Crippen LogP contribution is 2.34. The molecular formula is C22H26N4. The molecule has 1 aliphatic rings. The molecule has 2 aromatic carbocycles. The molecule has 0 radical (unpaired) electrons. The van der Waals surface area contributed by atoms with Crippen molar-refractivity contribution in [2.24, 2.45) is 11.7 Å². The molecule has 26 heavy (non-hydrogen) atoms. The Hall–Kier alpha value is -2.46.